The van der Waals surface area contributed by atoms with Crippen LogP contribution >= 0.6 is 0 Å². The standard InChI is InChI=1S/C26H36O5/c1-19(2)31-18-21-9-7-8-20(16-21)17-23(27)14-12-22-13-15-25(28)24(22)10-5-3-4-6-11-26(29)30/h3,5,7-9,12,14,16,19,22-24,27H,4,6,10-11,13,15,17-18H2,1-2H3,(H,29,30)/b5-3-,14-12+/t22?,23?,24-/m1/s1. The van der Waals surface area contributed by atoms with E-state index in [9.17, 15) is 14.7 Å². The number of rotatable bonds is 13. The van der Waals surface area contributed by atoms with Gasteiger partial charge >= 0.3 is 5.97 Å². The number of benzene rings is 1. The van der Waals surface area contributed by atoms with Crippen molar-refractivity contribution in [2.75, 3.05) is 0 Å². The molecule has 0 aromatic heterocycles. The summed E-state index contributed by atoms with van der Waals surface area (Å²) >= 11 is 0. The quantitative estimate of drug-likeness (QED) is 0.346. The van der Waals surface area contributed by atoms with Crippen molar-refractivity contribution in [2.24, 2.45) is 11.8 Å². The van der Waals surface area contributed by atoms with E-state index in [1.54, 1.807) is 0 Å². The van der Waals surface area contributed by atoms with Crippen molar-refractivity contribution in [3.63, 3.8) is 0 Å². The Kier molecular flexibility index (Phi) is 10.7. The zero-order chi connectivity index (χ0) is 22.6. The number of aliphatic carboxylic acids is 1. The van der Waals surface area contributed by atoms with Crippen LogP contribution in [-0.2, 0) is 27.4 Å². The van der Waals surface area contributed by atoms with Gasteiger partial charge in [-0.05, 0) is 56.6 Å². The summed E-state index contributed by atoms with van der Waals surface area (Å²) < 4.78 is 5.65. The number of carbonyl (C=O) groups is 2. The van der Waals surface area contributed by atoms with E-state index in [4.69, 9.17) is 9.84 Å². The Morgan fingerprint density at radius 2 is 2.03 bits per heavy atom. The fourth-order valence-electron chi connectivity index (χ4n) is 3.89. The number of unbranched alkanes of at least 4 members (excludes halogenated alkanes) is 1. The molecule has 31 heavy (non-hydrogen) atoms. The molecular formula is C26H36O5. The summed E-state index contributed by atoms with van der Waals surface area (Å²) in [6, 6.07) is 8.08. The predicted octanol–water partition coefficient (Wildman–Crippen LogP) is 4.87. The summed E-state index contributed by atoms with van der Waals surface area (Å²) in [5.41, 5.74) is 2.16. The lowest BCUT2D eigenvalue weighted by atomic mass is 9.91. The van der Waals surface area contributed by atoms with Gasteiger partial charge in [-0.25, -0.2) is 0 Å². The Morgan fingerprint density at radius 3 is 2.77 bits per heavy atom. The smallest absolute Gasteiger partial charge is 0.303 e. The average Bonchev–Trinajstić information content (AvgIpc) is 3.07. The molecule has 0 saturated heterocycles. The maximum absolute atomic E-state index is 12.3. The molecule has 3 atom stereocenters. The van der Waals surface area contributed by atoms with Gasteiger partial charge < -0.3 is 14.9 Å². The van der Waals surface area contributed by atoms with E-state index in [0.717, 1.165) is 17.5 Å². The van der Waals surface area contributed by atoms with E-state index in [0.29, 0.717) is 38.7 Å². The first kappa shape index (κ1) is 25.0. The molecule has 0 bridgehead atoms. The van der Waals surface area contributed by atoms with Crippen molar-refractivity contribution >= 4 is 11.8 Å². The molecular weight excluding hydrogens is 392 g/mol. The van der Waals surface area contributed by atoms with Gasteiger partial charge in [0.1, 0.15) is 5.78 Å². The number of hydrogen-bond acceptors (Lipinski definition) is 4. The minimum atomic E-state index is -0.779. The number of carbonyl (C=O) groups excluding carboxylic acids is 1. The number of ketones is 1. The van der Waals surface area contributed by atoms with Crippen LogP contribution in [0.15, 0.2) is 48.6 Å². The van der Waals surface area contributed by atoms with Crippen LogP contribution in [0.25, 0.3) is 0 Å². The Hall–Kier alpha value is -2.24. The van der Waals surface area contributed by atoms with Crippen LogP contribution in [0.3, 0.4) is 0 Å². The van der Waals surface area contributed by atoms with Gasteiger partial charge in [0.15, 0.2) is 0 Å². The first-order chi connectivity index (χ1) is 14.8. The van der Waals surface area contributed by atoms with Crippen LogP contribution in [0.5, 0.6) is 0 Å². The molecule has 170 valence electrons. The molecule has 1 fully saturated rings. The normalized spacial score (nSPS) is 20.3. The number of ether oxygens (including phenoxy) is 1. The summed E-state index contributed by atoms with van der Waals surface area (Å²) in [7, 11) is 0. The molecule has 5 heteroatoms. The topological polar surface area (TPSA) is 83.8 Å². The second kappa shape index (κ2) is 13.2. The lowest BCUT2D eigenvalue weighted by Gasteiger charge is -2.14. The van der Waals surface area contributed by atoms with Crippen LogP contribution in [0.4, 0.5) is 0 Å². The van der Waals surface area contributed by atoms with Gasteiger partial charge in [-0.1, -0.05) is 48.6 Å². The Bertz CT molecular complexity index is 765. The third-order valence-electron chi connectivity index (χ3n) is 5.57. The third kappa shape index (κ3) is 9.62. The van der Waals surface area contributed by atoms with Crippen molar-refractivity contribution in [3.8, 4) is 0 Å². The van der Waals surface area contributed by atoms with Crippen molar-refractivity contribution in [3.05, 3.63) is 59.7 Å². The second-order valence-corrected chi connectivity index (χ2v) is 8.60. The highest BCUT2D eigenvalue weighted by Gasteiger charge is 2.31. The maximum atomic E-state index is 12.3. The number of aliphatic hydroxyl groups excluding tert-OH is 1. The molecule has 1 aliphatic carbocycles. The molecule has 5 nitrogen and oxygen atoms in total. The molecule has 2 N–H and O–H groups in total. The molecule has 2 unspecified atom stereocenters. The number of carboxylic acid groups (broad SMARTS) is 1. The van der Waals surface area contributed by atoms with Crippen LogP contribution in [-0.4, -0.2) is 34.2 Å². The van der Waals surface area contributed by atoms with E-state index in [1.807, 2.05) is 56.4 Å². The number of allylic oxidation sites excluding steroid dienone is 3. The first-order valence-corrected chi connectivity index (χ1v) is 11.3. The summed E-state index contributed by atoms with van der Waals surface area (Å²) in [5.74, 6) is -0.400. The van der Waals surface area contributed by atoms with Gasteiger partial charge in [-0.3, -0.25) is 9.59 Å². The van der Waals surface area contributed by atoms with E-state index < -0.39 is 12.1 Å². The van der Waals surface area contributed by atoms with Gasteiger partial charge in [0.2, 0.25) is 0 Å². The van der Waals surface area contributed by atoms with Gasteiger partial charge in [-0.15, -0.1) is 0 Å². The summed E-state index contributed by atoms with van der Waals surface area (Å²) in [4.78, 5) is 22.8. The molecule has 2 rings (SSSR count). The van der Waals surface area contributed by atoms with E-state index >= 15 is 0 Å². The van der Waals surface area contributed by atoms with Crippen LogP contribution in [0.2, 0.25) is 0 Å². The third-order valence-corrected chi connectivity index (χ3v) is 5.57. The van der Waals surface area contributed by atoms with E-state index in [1.165, 1.54) is 0 Å². The molecule has 0 amide bonds. The molecule has 0 radical (unpaired) electrons. The summed E-state index contributed by atoms with van der Waals surface area (Å²) in [5, 5.41) is 19.1. The molecule has 1 saturated carbocycles. The number of carboxylic acids is 1. The van der Waals surface area contributed by atoms with Crippen LogP contribution in [0.1, 0.15) is 63.5 Å². The van der Waals surface area contributed by atoms with Gasteiger partial charge in [0.25, 0.3) is 0 Å². The monoisotopic (exact) mass is 428 g/mol. The van der Waals surface area contributed by atoms with Crippen molar-refractivity contribution in [1.82, 2.24) is 0 Å². The van der Waals surface area contributed by atoms with Crippen LogP contribution < -0.4 is 0 Å². The van der Waals surface area contributed by atoms with Crippen molar-refractivity contribution < 1.29 is 24.5 Å². The van der Waals surface area contributed by atoms with E-state index in [2.05, 4.69) is 6.07 Å². The molecule has 0 heterocycles. The number of aliphatic hydroxyl groups is 1. The average molecular weight is 429 g/mol. The SMILES string of the molecule is CC(C)OCc1cccc(CC(O)/C=C/C2CCC(=O)[C@@H]2C/C=C\CCCC(=O)O)c1. The van der Waals surface area contributed by atoms with Gasteiger partial charge in [0, 0.05) is 25.2 Å². The van der Waals surface area contributed by atoms with E-state index in [-0.39, 0.29) is 30.1 Å². The van der Waals surface area contributed by atoms with Gasteiger partial charge in [-0.2, -0.15) is 0 Å². The van der Waals surface area contributed by atoms with Crippen LogP contribution in [0, 0.1) is 11.8 Å². The summed E-state index contributed by atoms with van der Waals surface area (Å²) in [6.45, 7) is 4.58. The Morgan fingerprint density at radius 1 is 1.26 bits per heavy atom. The maximum Gasteiger partial charge on any atom is 0.303 e. The molecule has 1 aromatic rings. The lowest BCUT2D eigenvalue weighted by molar-refractivity contribution is -0.137. The van der Waals surface area contributed by atoms with Crippen molar-refractivity contribution in [2.45, 2.75) is 77.6 Å². The number of hydrogen-bond donors (Lipinski definition) is 2. The Labute approximate surface area is 185 Å². The zero-order valence-corrected chi connectivity index (χ0v) is 18.7. The molecule has 1 aromatic carbocycles. The number of Topliss-reactive ketones (excluding diaryl/α,β-unsaturated/α-hetero) is 1. The molecule has 0 spiro atoms. The minimum absolute atomic E-state index is 0.0457. The first-order valence-electron chi connectivity index (χ1n) is 11.3. The minimum Gasteiger partial charge on any atom is -0.481 e. The fraction of sp³-hybridized carbons (Fsp3) is 0.538. The molecule has 1 aliphatic rings. The fourth-order valence-corrected chi connectivity index (χ4v) is 3.89. The van der Waals surface area contributed by atoms with Gasteiger partial charge in [0.05, 0.1) is 18.8 Å². The lowest BCUT2D eigenvalue weighted by Crippen LogP contribution is -2.14. The highest BCUT2D eigenvalue weighted by molar-refractivity contribution is 5.83. The largest absolute Gasteiger partial charge is 0.481 e. The second-order valence-electron chi connectivity index (χ2n) is 8.60. The highest BCUT2D eigenvalue weighted by atomic mass is 16.5. The highest BCUT2D eigenvalue weighted by Crippen LogP contribution is 2.33. The Balaban J connectivity index is 1.84. The van der Waals surface area contributed by atoms with Crippen molar-refractivity contribution in [1.29, 1.82) is 0 Å². The zero-order valence-electron chi connectivity index (χ0n) is 18.7. The predicted molar refractivity (Wildman–Crippen MR) is 122 cm³/mol. The molecule has 0 aliphatic heterocycles. The summed E-state index contributed by atoms with van der Waals surface area (Å²) in [6.07, 6.45) is 11.5.